The molecule has 4 nitrogen and oxygen atoms in total. The van der Waals surface area contributed by atoms with Gasteiger partial charge < -0.3 is 14.8 Å². The van der Waals surface area contributed by atoms with Crippen molar-refractivity contribution in [3.05, 3.63) is 29.4 Å². The number of benzene rings is 1. The van der Waals surface area contributed by atoms with Crippen molar-refractivity contribution in [2.24, 2.45) is 0 Å². The summed E-state index contributed by atoms with van der Waals surface area (Å²) in [4.78, 5) is 4.44. The number of hydrogen-bond acceptors (Lipinski definition) is 5. The van der Waals surface area contributed by atoms with Gasteiger partial charge in [0.1, 0.15) is 0 Å². The van der Waals surface area contributed by atoms with Gasteiger partial charge in [-0.25, -0.2) is 9.37 Å². The highest BCUT2D eigenvalue weighted by Gasteiger charge is 2.10. The molecule has 20 heavy (non-hydrogen) atoms. The lowest BCUT2D eigenvalue weighted by Gasteiger charge is -2.10. The van der Waals surface area contributed by atoms with Crippen LogP contribution in [0.15, 0.2) is 23.6 Å². The Kier molecular flexibility index (Phi) is 4.92. The second-order valence-electron chi connectivity index (χ2n) is 4.39. The number of nitrogens with one attached hydrogen (secondary N) is 1. The Balaban J connectivity index is 2.14. The summed E-state index contributed by atoms with van der Waals surface area (Å²) < 4.78 is 23.6. The van der Waals surface area contributed by atoms with Crippen LogP contribution in [0.2, 0.25) is 0 Å². The van der Waals surface area contributed by atoms with Crippen molar-refractivity contribution in [1.82, 2.24) is 4.98 Å². The zero-order valence-corrected chi connectivity index (χ0v) is 12.5. The van der Waals surface area contributed by atoms with Crippen molar-refractivity contribution in [2.45, 2.75) is 13.0 Å². The first kappa shape index (κ1) is 14.7. The third kappa shape index (κ3) is 3.46. The average Bonchev–Trinajstić information content (AvgIpc) is 2.87. The highest BCUT2D eigenvalue weighted by molar-refractivity contribution is 7.14. The van der Waals surface area contributed by atoms with Gasteiger partial charge in [-0.2, -0.15) is 0 Å². The summed E-state index contributed by atoms with van der Waals surface area (Å²) >= 11 is 1.48. The molecule has 1 N–H and O–H groups in total. The summed E-state index contributed by atoms with van der Waals surface area (Å²) in [6.45, 7) is 2.61. The summed E-state index contributed by atoms with van der Waals surface area (Å²) in [5, 5.41) is 5.92. The van der Waals surface area contributed by atoms with E-state index in [0.717, 1.165) is 16.4 Å². The lowest BCUT2D eigenvalue weighted by Crippen LogP contribution is -2.20. The molecular formula is C14H17FN2O2S. The molecule has 108 valence electrons. The molecule has 2 aromatic rings. The van der Waals surface area contributed by atoms with Gasteiger partial charge in [0.05, 0.1) is 19.4 Å². The Bertz CT molecular complexity index is 574. The van der Waals surface area contributed by atoms with Crippen LogP contribution in [-0.2, 0) is 4.74 Å². The average molecular weight is 296 g/mol. The minimum absolute atomic E-state index is 0.173. The molecule has 0 saturated heterocycles. The summed E-state index contributed by atoms with van der Waals surface area (Å²) in [7, 11) is 3.10. The number of thiazole rings is 1. The van der Waals surface area contributed by atoms with Crippen LogP contribution >= 0.6 is 11.3 Å². The molecule has 6 heteroatoms. The zero-order valence-electron chi connectivity index (χ0n) is 11.6. The van der Waals surface area contributed by atoms with E-state index < -0.39 is 0 Å². The molecule has 1 aromatic heterocycles. The number of methoxy groups -OCH3 is 2. The minimum atomic E-state index is -0.389. The second-order valence-corrected chi connectivity index (χ2v) is 5.25. The first-order chi connectivity index (χ1) is 9.63. The van der Waals surface area contributed by atoms with Gasteiger partial charge in [-0.1, -0.05) is 0 Å². The monoisotopic (exact) mass is 296 g/mol. The van der Waals surface area contributed by atoms with Crippen LogP contribution in [0.5, 0.6) is 5.75 Å². The van der Waals surface area contributed by atoms with Crippen molar-refractivity contribution in [1.29, 1.82) is 0 Å². The fourth-order valence-corrected chi connectivity index (χ4v) is 2.63. The van der Waals surface area contributed by atoms with Gasteiger partial charge in [0.25, 0.3) is 0 Å². The molecule has 0 saturated carbocycles. The highest BCUT2D eigenvalue weighted by atomic mass is 32.1. The van der Waals surface area contributed by atoms with Crippen LogP contribution in [0.25, 0.3) is 11.3 Å². The predicted octanol–water partition coefficient (Wildman–Crippen LogP) is 3.40. The summed E-state index contributed by atoms with van der Waals surface area (Å²) in [6.07, 6.45) is 0. The van der Waals surface area contributed by atoms with Gasteiger partial charge in [-0.3, -0.25) is 0 Å². The van der Waals surface area contributed by atoms with E-state index in [1.165, 1.54) is 24.5 Å². The van der Waals surface area contributed by atoms with Crippen molar-refractivity contribution in [2.75, 3.05) is 26.1 Å². The SMILES string of the molecule is COC[C@H](C)Nc1nc(-c2ccc(OC)c(F)c2)cs1. The van der Waals surface area contributed by atoms with Gasteiger partial charge in [0.2, 0.25) is 0 Å². The first-order valence-corrected chi connectivity index (χ1v) is 7.07. The van der Waals surface area contributed by atoms with Crippen molar-refractivity contribution in [3.8, 4) is 17.0 Å². The number of halogens is 1. The van der Waals surface area contributed by atoms with Crippen molar-refractivity contribution < 1.29 is 13.9 Å². The molecule has 0 aliphatic carbocycles. The molecule has 1 aromatic carbocycles. The number of anilines is 1. The third-order valence-corrected chi connectivity index (χ3v) is 3.51. The van der Waals surface area contributed by atoms with Crippen LogP contribution in [0, 0.1) is 5.82 Å². The van der Waals surface area contributed by atoms with Gasteiger partial charge in [0.15, 0.2) is 16.7 Å². The standard InChI is InChI=1S/C14H17FN2O2S/c1-9(7-18-2)16-14-17-12(8-20-14)10-4-5-13(19-3)11(15)6-10/h4-6,8-9H,7H2,1-3H3,(H,16,17)/t9-/m0/s1. The molecule has 0 spiro atoms. The summed E-state index contributed by atoms with van der Waals surface area (Å²) in [6, 6.07) is 4.99. The van der Waals surface area contributed by atoms with Gasteiger partial charge in [0, 0.05) is 24.1 Å². The van der Waals surface area contributed by atoms with Gasteiger partial charge >= 0.3 is 0 Å². The van der Waals surface area contributed by atoms with Gasteiger partial charge in [-0.15, -0.1) is 11.3 Å². The Morgan fingerprint density at radius 2 is 2.20 bits per heavy atom. The minimum Gasteiger partial charge on any atom is -0.494 e. The Hall–Kier alpha value is -1.66. The maximum Gasteiger partial charge on any atom is 0.183 e. The summed E-state index contributed by atoms with van der Waals surface area (Å²) in [5.74, 6) is -0.156. The highest BCUT2D eigenvalue weighted by Crippen LogP contribution is 2.28. The van der Waals surface area contributed by atoms with E-state index in [1.54, 1.807) is 19.2 Å². The van der Waals surface area contributed by atoms with Crippen LogP contribution in [-0.4, -0.2) is 31.9 Å². The van der Waals surface area contributed by atoms with E-state index in [-0.39, 0.29) is 17.6 Å². The molecule has 0 amide bonds. The molecule has 1 heterocycles. The van der Waals surface area contributed by atoms with E-state index in [1.807, 2.05) is 12.3 Å². The Morgan fingerprint density at radius 1 is 1.40 bits per heavy atom. The topological polar surface area (TPSA) is 43.4 Å². The Labute approximate surface area is 121 Å². The van der Waals surface area contributed by atoms with Crippen molar-refractivity contribution >= 4 is 16.5 Å². The van der Waals surface area contributed by atoms with E-state index >= 15 is 0 Å². The number of hydrogen-bond donors (Lipinski definition) is 1. The maximum absolute atomic E-state index is 13.7. The number of aromatic nitrogens is 1. The van der Waals surface area contributed by atoms with E-state index in [2.05, 4.69) is 10.3 Å². The molecule has 1 atom stereocenters. The molecule has 0 radical (unpaired) electrons. The fraction of sp³-hybridized carbons (Fsp3) is 0.357. The molecular weight excluding hydrogens is 279 g/mol. The predicted molar refractivity (Wildman–Crippen MR) is 79.0 cm³/mol. The van der Waals surface area contributed by atoms with Crippen LogP contribution in [0.4, 0.5) is 9.52 Å². The van der Waals surface area contributed by atoms with E-state index in [9.17, 15) is 4.39 Å². The van der Waals surface area contributed by atoms with Crippen molar-refractivity contribution in [3.63, 3.8) is 0 Å². The molecule has 0 unspecified atom stereocenters. The number of ether oxygens (including phenoxy) is 2. The molecule has 0 aliphatic heterocycles. The third-order valence-electron chi connectivity index (χ3n) is 2.74. The molecule has 0 aliphatic rings. The van der Waals surface area contributed by atoms with Crippen LogP contribution in [0.3, 0.4) is 0 Å². The van der Waals surface area contributed by atoms with E-state index in [0.29, 0.717) is 6.61 Å². The van der Waals surface area contributed by atoms with Crippen LogP contribution < -0.4 is 10.1 Å². The number of rotatable bonds is 6. The molecule has 0 bridgehead atoms. The lowest BCUT2D eigenvalue weighted by molar-refractivity contribution is 0.190. The first-order valence-electron chi connectivity index (χ1n) is 6.19. The summed E-state index contributed by atoms with van der Waals surface area (Å²) in [5.41, 5.74) is 1.47. The lowest BCUT2D eigenvalue weighted by atomic mass is 10.1. The molecule has 0 fully saturated rings. The number of nitrogens with zero attached hydrogens (tertiary/aromatic N) is 1. The second kappa shape index (κ2) is 6.67. The smallest absolute Gasteiger partial charge is 0.183 e. The van der Waals surface area contributed by atoms with Gasteiger partial charge in [-0.05, 0) is 25.1 Å². The maximum atomic E-state index is 13.7. The fourth-order valence-electron chi connectivity index (χ4n) is 1.80. The van der Waals surface area contributed by atoms with Crippen LogP contribution in [0.1, 0.15) is 6.92 Å². The molecule has 2 rings (SSSR count). The largest absolute Gasteiger partial charge is 0.494 e. The Morgan fingerprint density at radius 3 is 2.85 bits per heavy atom. The van der Waals surface area contributed by atoms with E-state index in [4.69, 9.17) is 9.47 Å². The zero-order chi connectivity index (χ0) is 14.5. The quantitative estimate of drug-likeness (QED) is 0.887. The normalized spacial score (nSPS) is 12.2.